The molecule has 1 aliphatic heterocycles. The van der Waals surface area contributed by atoms with E-state index in [4.69, 9.17) is 8.83 Å². The number of hydrogen-bond acceptors (Lipinski definition) is 6. The molecule has 3 heterocycles. The highest BCUT2D eigenvalue weighted by atomic mass is 32.2. The van der Waals surface area contributed by atoms with Gasteiger partial charge in [-0.2, -0.15) is 4.31 Å². The molecule has 0 saturated carbocycles. The molecule has 0 radical (unpaired) electrons. The van der Waals surface area contributed by atoms with Crippen molar-refractivity contribution in [1.82, 2.24) is 14.5 Å². The Balaban J connectivity index is 1.93. The topological polar surface area (TPSA) is 89.4 Å². The summed E-state index contributed by atoms with van der Waals surface area (Å²) in [6.45, 7) is 2.74. The molecular formula is C11H13N3O4S. The monoisotopic (exact) mass is 283 g/mol. The maximum absolute atomic E-state index is 12.2. The molecule has 1 saturated heterocycles. The minimum Gasteiger partial charge on any atom is -0.451 e. The predicted octanol–water partition coefficient (Wildman–Crippen LogP) is 1.42. The summed E-state index contributed by atoms with van der Waals surface area (Å²) in [4.78, 5) is 0. The Morgan fingerprint density at radius 3 is 2.63 bits per heavy atom. The van der Waals surface area contributed by atoms with Crippen LogP contribution in [0.5, 0.6) is 0 Å². The smallest absolute Gasteiger partial charge is 0.276 e. The van der Waals surface area contributed by atoms with Crippen LogP contribution in [0.3, 0.4) is 0 Å². The van der Waals surface area contributed by atoms with Crippen LogP contribution in [0.15, 0.2) is 26.3 Å². The van der Waals surface area contributed by atoms with Gasteiger partial charge in [-0.05, 0) is 12.8 Å². The van der Waals surface area contributed by atoms with E-state index in [1.165, 1.54) is 16.6 Å². The van der Waals surface area contributed by atoms with Crippen molar-refractivity contribution in [3.05, 3.63) is 18.2 Å². The first kappa shape index (κ1) is 12.4. The van der Waals surface area contributed by atoms with Crippen LogP contribution in [0.2, 0.25) is 0 Å². The molecule has 0 atom stereocenters. The minimum atomic E-state index is -3.54. The molecule has 2 aromatic rings. The summed E-state index contributed by atoms with van der Waals surface area (Å²) in [7, 11) is -3.54. The standard InChI is InChI=1S/C11H13N3O4S/c1-8-12-13-11(18-8)9-6-10(17-7-9)19(15,16)14-4-2-3-5-14/h6-7H,2-5H2,1H3. The Kier molecular flexibility index (Phi) is 2.90. The summed E-state index contributed by atoms with van der Waals surface area (Å²) in [5, 5.41) is 7.43. The number of aryl methyl sites for hydroxylation is 1. The SMILES string of the molecule is Cc1nnc(-c2coc(S(=O)(=O)N3CCCC3)c2)o1. The number of nitrogens with zero attached hydrogens (tertiary/aromatic N) is 3. The Hall–Kier alpha value is -1.67. The average molecular weight is 283 g/mol. The first-order chi connectivity index (χ1) is 9.07. The highest BCUT2D eigenvalue weighted by Gasteiger charge is 2.30. The normalized spacial score (nSPS) is 17.1. The molecule has 2 aromatic heterocycles. The lowest BCUT2D eigenvalue weighted by Gasteiger charge is -2.12. The van der Waals surface area contributed by atoms with Gasteiger partial charge in [0.2, 0.25) is 11.0 Å². The highest BCUT2D eigenvalue weighted by molar-refractivity contribution is 7.89. The van der Waals surface area contributed by atoms with Crippen molar-refractivity contribution < 1.29 is 17.3 Å². The molecule has 7 nitrogen and oxygen atoms in total. The molecule has 1 aliphatic rings. The Morgan fingerprint density at radius 2 is 2.00 bits per heavy atom. The van der Waals surface area contributed by atoms with Gasteiger partial charge in [-0.3, -0.25) is 0 Å². The van der Waals surface area contributed by atoms with Crippen molar-refractivity contribution in [1.29, 1.82) is 0 Å². The van der Waals surface area contributed by atoms with Crippen LogP contribution in [0.4, 0.5) is 0 Å². The molecule has 0 bridgehead atoms. The minimum absolute atomic E-state index is 0.0831. The molecule has 0 unspecified atom stereocenters. The van der Waals surface area contributed by atoms with E-state index in [2.05, 4.69) is 10.2 Å². The van der Waals surface area contributed by atoms with Gasteiger partial charge in [0.05, 0.1) is 5.56 Å². The van der Waals surface area contributed by atoms with Gasteiger partial charge in [-0.25, -0.2) is 8.42 Å². The van der Waals surface area contributed by atoms with Gasteiger partial charge < -0.3 is 8.83 Å². The van der Waals surface area contributed by atoms with Crippen molar-refractivity contribution >= 4 is 10.0 Å². The number of hydrogen-bond donors (Lipinski definition) is 0. The van der Waals surface area contributed by atoms with E-state index in [-0.39, 0.29) is 11.0 Å². The van der Waals surface area contributed by atoms with E-state index in [0.717, 1.165) is 12.8 Å². The summed E-state index contributed by atoms with van der Waals surface area (Å²) in [6.07, 6.45) is 3.08. The summed E-state index contributed by atoms with van der Waals surface area (Å²) >= 11 is 0. The summed E-state index contributed by atoms with van der Waals surface area (Å²) in [6, 6.07) is 1.42. The second-order valence-corrected chi connectivity index (χ2v) is 6.26. The molecule has 3 rings (SSSR count). The molecule has 0 N–H and O–H groups in total. The lowest BCUT2D eigenvalue weighted by molar-refractivity contribution is 0.411. The van der Waals surface area contributed by atoms with Gasteiger partial charge in [-0.1, -0.05) is 0 Å². The first-order valence-electron chi connectivity index (χ1n) is 5.96. The quantitative estimate of drug-likeness (QED) is 0.846. The molecule has 0 aliphatic carbocycles. The fraction of sp³-hybridized carbons (Fsp3) is 0.455. The van der Waals surface area contributed by atoms with Gasteiger partial charge >= 0.3 is 0 Å². The maximum Gasteiger partial charge on any atom is 0.276 e. The van der Waals surface area contributed by atoms with Crippen LogP contribution in [-0.2, 0) is 10.0 Å². The van der Waals surface area contributed by atoms with Crippen molar-refractivity contribution in [3.63, 3.8) is 0 Å². The zero-order valence-electron chi connectivity index (χ0n) is 10.4. The molecule has 0 aromatic carbocycles. The largest absolute Gasteiger partial charge is 0.451 e. The van der Waals surface area contributed by atoms with Crippen LogP contribution >= 0.6 is 0 Å². The van der Waals surface area contributed by atoms with Crippen LogP contribution in [-0.4, -0.2) is 36.0 Å². The van der Waals surface area contributed by atoms with Gasteiger partial charge in [0, 0.05) is 26.1 Å². The summed E-state index contributed by atoms with van der Waals surface area (Å²) < 4.78 is 36.3. The van der Waals surface area contributed by atoms with E-state index in [9.17, 15) is 8.42 Å². The van der Waals surface area contributed by atoms with Crippen molar-refractivity contribution in [2.24, 2.45) is 0 Å². The Labute approximate surface area is 110 Å². The van der Waals surface area contributed by atoms with Crippen LogP contribution in [0, 0.1) is 6.92 Å². The van der Waals surface area contributed by atoms with Crippen molar-refractivity contribution in [3.8, 4) is 11.5 Å². The van der Waals surface area contributed by atoms with Gasteiger partial charge in [0.15, 0.2) is 0 Å². The number of furan rings is 1. The fourth-order valence-corrected chi connectivity index (χ4v) is 3.47. The third-order valence-electron chi connectivity index (χ3n) is 3.01. The molecule has 0 spiro atoms. The van der Waals surface area contributed by atoms with Gasteiger partial charge in [0.25, 0.3) is 15.9 Å². The summed E-state index contributed by atoms with van der Waals surface area (Å²) in [5.41, 5.74) is 0.471. The van der Waals surface area contributed by atoms with Gasteiger partial charge in [-0.15, -0.1) is 10.2 Å². The van der Waals surface area contributed by atoms with E-state index in [0.29, 0.717) is 24.5 Å². The lowest BCUT2D eigenvalue weighted by Crippen LogP contribution is -2.27. The van der Waals surface area contributed by atoms with Crippen molar-refractivity contribution in [2.75, 3.05) is 13.1 Å². The molecule has 1 fully saturated rings. The zero-order valence-corrected chi connectivity index (χ0v) is 11.2. The molecular weight excluding hydrogens is 270 g/mol. The lowest BCUT2D eigenvalue weighted by atomic mass is 10.3. The highest BCUT2D eigenvalue weighted by Crippen LogP contribution is 2.27. The Bertz CT molecular complexity index is 682. The fourth-order valence-electron chi connectivity index (χ4n) is 2.03. The van der Waals surface area contributed by atoms with Crippen LogP contribution in [0.25, 0.3) is 11.5 Å². The predicted molar refractivity (Wildman–Crippen MR) is 64.7 cm³/mol. The number of sulfonamides is 1. The van der Waals surface area contributed by atoms with E-state index >= 15 is 0 Å². The maximum atomic E-state index is 12.2. The number of aromatic nitrogens is 2. The third kappa shape index (κ3) is 2.17. The van der Waals surface area contributed by atoms with Gasteiger partial charge in [0.1, 0.15) is 6.26 Å². The molecule has 0 amide bonds. The molecule has 19 heavy (non-hydrogen) atoms. The molecule has 102 valence electrons. The number of rotatable bonds is 3. The second-order valence-electron chi connectivity index (χ2n) is 4.39. The average Bonchev–Trinajstić information content (AvgIpc) is 3.10. The van der Waals surface area contributed by atoms with E-state index in [1.54, 1.807) is 6.92 Å². The van der Waals surface area contributed by atoms with Crippen LogP contribution < -0.4 is 0 Å². The molecule has 8 heteroatoms. The van der Waals surface area contributed by atoms with E-state index < -0.39 is 10.0 Å². The van der Waals surface area contributed by atoms with Crippen LogP contribution in [0.1, 0.15) is 18.7 Å². The third-order valence-corrected chi connectivity index (χ3v) is 4.78. The second kappa shape index (κ2) is 4.46. The Morgan fingerprint density at radius 1 is 1.26 bits per heavy atom. The zero-order chi connectivity index (χ0) is 13.5. The van der Waals surface area contributed by atoms with Crippen molar-refractivity contribution in [2.45, 2.75) is 24.9 Å². The van der Waals surface area contributed by atoms with E-state index in [1.807, 2.05) is 0 Å². The first-order valence-corrected chi connectivity index (χ1v) is 7.40. The summed E-state index contributed by atoms with van der Waals surface area (Å²) in [5.74, 6) is 0.671.